The lowest BCUT2D eigenvalue weighted by Gasteiger charge is -2.09. The third kappa shape index (κ3) is 5.70. The molecule has 0 atom stereocenters. The smallest absolute Gasteiger partial charge is 0.321 e. The predicted octanol–water partition coefficient (Wildman–Crippen LogP) is 2.94. The largest absolute Gasteiger partial charge is 0.455 e. The van der Waals surface area contributed by atoms with Gasteiger partial charge in [0.15, 0.2) is 6.61 Å². The van der Waals surface area contributed by atoms with E-state index in [4.69, 9.17) is 27.9 Å². The maximum Gasteiger partial charge on any atom is 0.321 e. The van der Waals surface area contributed by atoms with Crippen LogP contribution in [0.4, 0.5) is 5.69 Å². The molecule has 1 amide bonds. The zero-order chi connectivity index (χ0) is 21.0. The van der Waals surface area contributed by atoms with Gasteiger partial charge >= 0.3 is 5.97 Å². The van der Waals surface area contributed by atoms with Crippen LogP contribution >= 0.6 is 23.2 Å². The SMILES string of the molecule is O=C(COC(=O)CNS(=O)(=O)c1ccc(Cl)c(Cl)c1)Nc1ccc2c(c1)CCC2. The number of fused-ring (bicyclic) bond motifs is 1. The van der Waals surface area contributed by atoms with Crippen molar-refractivity contribution in [2.24, 2.45) is 0 Å². The number of nitrogens with one attached hydrogen (secondary N) is 2. The number of anilines is 1. The first-order chi connectivity index (χ1) is 13.7. The van der Waals surface area contributed by atoms with Gasteiger partial charge in [-0.1, -0.05) is 29.3 Å². The van der Waals surface area contributed by atoms with Gasteiger partial charge in [0.2, 0.25) is 10.0 Å². The van der Waals surface area contributed by atoms with Gasteiger partial charge in [0.25, 0.3) is 5.91 Å². The van der Waals surface area contributed by atoms with Crippen molar-refractivity contribution in [1.82, 2.24) is 4.72 Å². The van der Waals surface area contributed by atoms with Crippen LogP contribution in [0.1, 0.15) is 17.5 Å². The monoisotopic (exact) mass is 456 g/mol. The number of sulfonamides is 1. The van der Waals surface area contributed by atoms with Crippen LogP contribution in [-0.4, -0.2) is 33.4 Å². The first kappa shape index (κ1) is 21.6. The van der Waals surface area contributed by atoms with E-state index in [1.165, 1.54) is 29.3 Å². The molecule has 0 radical (unpaired) electrons. The average molecular weight is 457 g/mol. The van der Waals surface area contributed by atoms with Crippen molar-refractivity contribution >= 4 is 50.8 Å². The van der Waals surface area contributed by atoms with E-state index in [9.17, 15) is 18.0 Å². The molecule has 7 nitrogen and oxygen atoms in total. The molecule has 2 aromatic rings. The van der Waals surface area contributed by atoms with E-state index >= 15 is 0 Å². The van der Waals surface area contributed by atoms with Crippen LogP contribution in [0.25, 0.3) is 0 Å². The zero-order valence-corrected chi connectivity index (χ0v) is 17.5. The van der Waals surface area contributed by atoms with Crippen molar-refractivity contribution in [2.45, 2.75) is 24.2 Å². The van der Waals surface area contributed by atoms with Gasteiger partial charge in [0, 0.05) is 5.69 Å². The highest BCUT2D eigenvalue weighted by Crippen LogP contribution is 2.25. The maximum atomic E-state index is 12.2. The molecular weight excluding hydrogens is 439 g/mol. The van der Waals surface area contributed by atoms with E-state index in [1.807, 2.05) is 12.1 Å². The minimum atomic E-state index is -3.98. The number of rotatable bonds is 7. The predicted molar refractivity (Wildman–Crippen MR) is 110 cm³/mol. The van der Waals surface area contributed by atoms with Crippen LogP contribution < -0.4 is 10.0 Å². The molecule has 0 unspecified atom stereocenters. The molecular formula is C19H18Cl2N2O5S. The van der Waals surface area contributed by atoms with Crippen molar-refractivity contribution in [3.8, 4) is 0 Å². The fourth-order valence-corrected chi connectivity index (χ4v) is 4.28. The third-order valence-corrected chi connectivity index (χ3v) is 6.49. The zero-order valence-electron chi connectivity index (χ0n) is 15.2. The Balaban J connectivity index is 1.46. The lowest BCUT2D eigenvalue weighted by Crippen LogP contribution is -2.32. The van der Waals surface area contributed by atoms with Crippen LogP contribution in [0.5, 0.6) is 0 Å². The summed E-state index contributed by atoms with van der Waals surface area (Å²) in [6.45, 7) is -1.15. The second-order valence-corrected chi connectivity index (χ2v) is 9.03. The topological polar surface area (TPSA) is 102 Å². The Bertz CT molecular complexity index is 1060. The number of hydrogen-bond donors (Lipinski definition) is 2. The Hall–Kier alpha value is -2.13. The molecule has 0 saturated carbocycles. The minimum Gasteiger partial charge on any atom is -0.455 e. The van der Waals surface area contributed by atoms with E-state index in [2.05, 4.69) is 10.0 Å². The van der Waals surface area contributed by atoms with Crippen molar-refractivity contribution in [3.63, 3.8) is 0 Å². The van der Waals surface area contributed by atoms with Crippen molar-refractivity contribution in [2.75, 3.05) is 18.5 Å². The summed E-state index contributed by atoms with van der Waals surface area (Å²) < 4.78 is 31.3. The number of hydrogen-bond acceptors (Lipinski definition) is 5. The van der Waals surface area contributed by atoms with Gasteiger partial charge in [-0.15, -0.1) is 0 Å². The second kappa shape index (κ2) is 9.13. The number of benzene rings is 2. The molecule has 154 valence electrons. The van der Waals surface area contributed by atoms with Crippen LogP contribution in [0.2, 0.25) is 10.0 Å². The first-order valence-corrected chi connectivity index (χ1v) is 11.0. The van der Waals surface area contributed by atoms with Crippen LogP contribution in [0.15, 0.2) is 41.3 Å². The molecule has 0 saturated heterocycles. The molecule has 2 aromatic carbocycles. The Morgan fingerprint density at radius 3 is 2.52 bits per heavy atom. The number of amides is 1. The number of carbonyl (C=O) groups is 2. The summed E-state index contributed by atoms with van der Waals surface area (Å²) in [5, 5.41) is 2.93. The van der Waals surface area contributed by atoms with Gasteiger partial charge in [-0.2, -0.15) is 4.72 Å². The molecule has 1 aliphatic rings. The third-order valence-electron chi connectivity index (χ3n) is 4.35. The van der Waals surface area contributed by atoms with Gasteiger partial charge in [0.1, 0.15) is 6.54 Å². The summed E-state index contributed by atoms with van der Waals surface area (Å²) >= 11 is 11.6. The van der Waals surface area contributed by atoms with Crippen molar-refractivity contribution in [3.05, 3.63) is 57.6 Å². The van der Waals surface area contributed by atoms with E-state index in [-0.39, 0.29) is 14.9 Å². The highest BCUT2D eigenvalue weighted by atomic mass is 35.5. The van der Waals surface area contributed by atoms with Crippen LogP contribution in [0.3, 0.4) is 0 Å². The Kier molecular flexibility index (Phi) is 6.79. The Labute approximate surface area is 178 Å². The minimum absolute atomic E-state index is 0.0698. The molecule has 29 heavy (non-hydrogen) atoms. The summed E-state index contributed by atoms with van der Waals surface area (Å²) in [6.07, 6.45) is 3.12. The number of aryl methyl sites for hydroxylation is 2. The van der Waals surface area contributed by atoms with E-state index < -0.39 is 35.1 Å². The second-order valence-electron chi connectivity index (χ2n) is 6.45. The fourth-order valence-electron chi connectivity index (χ4n) is 2.93. The van der Waals surface area contributed by atoms with Gasteiger partial charge in [-0.3, -0.25) is 9.59 Å². The molecule has 0 spiro atoms. The Morgan fingerprint density at radius 1 is 1.00 bits per heavy atom. The summed E-state index contributed by atoms with van der Waals surface area (Å²) in [6, 6.07) is 9.44. The quantitative estimate of drug-likeness (QED) is 0.623. The molecule has 0 heterocycles. The van der Waals surface area contributed by atoms with Crippen molar-refractivity contribution < 1.29 is 22.7 Å². The van der Waals surface area contributed by atoms with Gasteiger partial charge in [0.05, 0.1) is 14.9 Å². The number of esters is 1. The van der Waals surface area contributed by atoms with E-state index in [1.54, 1.807) is 6.07 Å². The Morgan fingerprint density at radius 2 is 1.76 bits per heavy atom. The molecule has 0 aromatic heterocycles. The molecule has 0 aliphatic heterocycles. The normalized spacial score (nSPS) is 13.0. The number of halogens is 2. The highest BCUT2D eigenvalue weighted by Gasteiger charge is 2.18. The summed E-state index contributed by atoms with van der Waals surface area (Å²) in [7, 11) is -3.98. The van der Waals surface area contributed by atoms with Crippen LogP contribution in [0, 0.1) is 0 Å². The van der Waals surface area contributed by atoms with Gasteiger partial charge in [-0.05, 0) is 60.7 Å². The molecule has 3 rings (SSSR count). The molecule has 2 N–H and O–H groups in total. The summed E-state index contributed by atoms with van der Waals surface area (Å²) in [4.78, 5) is 23.6. The van der Waals surface area contributed by atoms with Gasteiger partial charge in [-0.25, -0.2) is 8.42 Å². The number of carbonyl (C=O) groups excluding carboxylic acids is 2. The number of ether oxygens (including phenoxy) is 1. The maximum absolute atomic E-state index is 12.2. The summed E-state index contributed by atoms with van der Waals surface area (Å²) in [5.41, 5.74) is 3.12. The molecule has 0 fully saturated rings. The van der Waals surface area contributed by atoms with E-state index in [0.29, 0.717) is 5.69 Å². The molecule has 0 bridgehead atoms. The lowest BCUT2D eigenvalue weighted by molar-refractivity contribution is -0.146. The highest BCUT2D eigenvalue weighted by molar-refractivity contribution is 7.89. The lowest BCUT2D eigenvalue weighted by atomic mass is 10.1. The van der Waals surface area contributed by atoms with Gasteiger partial charge < -0.3 is 10.1 Å². The van der Waals surface area contributed by atoms with E-state index in [0.717, 1.165) is 19.3 Å². The average Bonchev–Trinajstić information content (AvgIpc) is 3.14. The van der Waals surface area contributed by atoms with Crippen molar-refractivity contribution in [1.29, 1.82) is 0 Å². The molecule has 10 heteroatoms. The standard InChI is InChI=1S/C19H18Cl2N2O5S/c20-16-7-6-15(9-17(16)21)29(26,27)22-10-19(25)28-11-18(24)23-14-5-4-12-2-1-3-13(12)8-14/h4-9,22H,1-3,10-11H2,(H,23,24). The first-order valence-electron chi connectivity index (χ1n) is 8.76. The molecule has 1 aliphatic carbocycles. The van der Waals surface area contributed by atoms with Crippen LogP contribution in [-0.2, 0) is 37.2 Å². The summed E-state index contributed by atoms with van der Waals surface area (Å²) in [5.74, 6) is -1.40. The fraction of sp³-hybridized carbons (Fsp3) is 0.263.